The molecule has 0 radical (unpaired) electrons. The Morgan fingerprint density at radius 2 is 1.83 bits per heavy atom. The molecular weight excluding hydrogens is 390 g/mol. The van der Waals surface area contributed by atoms with Gasteiger partial charge in [-0.2, -0.15) is 17.0 Å². The monoisotopic (exact) mass is 419 g/mol. The van der Waals surface area contributed by atoms with E-state index in [4.69, 9.17) is 0 Å². The van der Waals surface area contributed by atoms with Crippen LogP contribution in [0.3, 0.4) is 0 Å². The zero-order valence-electron chi connectivity index (χ0n) is 16.8. The summed E-state index contributed by atoms with van der Waals surface area (Å²) in [5.74, 6) is 0. The molecule has 9 heteroatoms. The van der Waals surface area contributed by atoms with E-state index in [1.54, 1.807) is 16.3 Å². The van der Waals surface area contributed by atoms with E-state index in [-0.39, 0.29) is 12.1 Å². The number of fused-ring (bicyclic) bond motifs is 1. The van der Waals surface area contributed by atoms with E-state index in [1.807, 2.05) is 30.5 Å². The Morgan fingerprint density at radius 3 is 2.55 bits per heavy atom. The molecule has 0 spiro atoms. The number of hydrogen-bond acceptors (Lipinski definition) is 3. The predicted molar refractivity (Wildman–Crippen MR) is 114 cm³/mol. The van der Waals surface area contributed by atoms with E-state index in [1.165, 1.54) is 10.7 Å². The van der Waals surface area contributed by atoms with Crippen LogP contribution >= 0.6 is 0 Å². The fraction of sp³-hybridized carbons (Fsp3) is 0.550. The molecule has 0 bridgehead atoms. The van der Waals surface area contributed by atoms with E-state index in [2.05, 4.69) is 10.3 Å². The molecule has 29 heavy (non-hydrogen) atoms. The van der Waals surface area contributed by atoms with Gasteiger partial charge >= 0.3 is 6.03 Å². The Bertz CT molecular complexity index is 959. The number of urea groups is 1. The number of H-pyrrole nitrogens is 1. The van der Waals surface area contributed by atoms with Crippen molar-refractivity contribution in [1.82, 2.24) is 18.5 Å². The van der Waals surface area contributed by atoms with Gasteiger partial charge in [0, 0.05) is 56.4 Å². The van der Waals surface area contributed by atoms with Crippen LogP contribution in [0.2, 0.25) is 0 Å². The largest absolute Gasteiger partial charge is 0.361 e. The van der Waals surface area contributed by atoms with Crippen LogP contribution in [0.4, 0.5) is 10.5 Å². The third-order valence-electron chi connectivity index (χ3n) is 6.14. The zero-order chi connectivity index (χ0) is 20.4. The highest BCUT2D eigenvalue weighted by atomic mass is 32.2. The summed E-state index contributed by atoms with van der Waals surface area (Å²) in [6.07, 6.45) is 7.08. The number of anilines is 1. The number of amides is 2. The number of carbonyl (C=O) groups is 1. The van der Waals surface area contributed by atoms with Crippen LogP contribution < -0.4 is 5.32 Å². The maximum absolute atomic E-state index is 13.0. The third kappa shape index (κ3) is 4.12. The first kappa shape index (κ1) is 20.2. The second kappa shape index (κ2) is 8.33. The first-order valence-electron chi connectivity index (χ1n) is 10.3. The van der Waals surface area contributed by atoms with Crippen LogP contribution in [0, 0.1) is 0 Å². The van der Waals surface area contributed by atoms with Crippen LogP contribution in [0.5, 0.6) is 0 Å². The lowest BCUT2D eigenvalue weighted by molar-refractivity contribution is 0.178. The molecule has 1 aromatic heterocycles. The lowest BCUT2D eigenvalue weighted by Crippen LogP contribution is -2.55. The molecule has 1 aliphatic heterocycles. The molecular formula is C20H29N5O3S. The second-order valence-electron chi connectivity index (χ2n) is 7.88. The number of piperazine rings is 1. The van der Waals surface area contributed by atoms with Gasteiger partial charge in [0.1, 0.15) is 0 Å². The highest BCUT2D eigenvalue weighted by Gasteiger charge is 2.35. The van der Waals surface area contributed by atoms with E-state index in [0.717, 1.165) is 42.3 Å². The SMILES string of the molecule is CN(C1CCCCC1)S(=O)(=O)N1CCN(C(=O)Nc2cccc3[nH]ccc23)CC1. The van der Waals surface area contributed by atoms with Crippen molar-refractivity contribution in [3.63, 3.8) is 0 Å². The minimum atomic E-state index is -3.49. The maximum atomic E-state index is 13.0. The molecule has 0 unspecified atom stereocenters. The summed E-state index contributed by atoms with van der Waals surface area (Å²) in [5.41, 5.74) is 1.71. The quantitative estimate of drug-likeness (QED) is 0.799. The van der Waals surface area contributed by atoms with Gasteiger partial charge in [-0.05, 0) is 31.0 Å². The summed E-state index contributed by atoms with van der Waals surface area (Å²) < 4.78 is 29.1. The third-order valence-corrected chi connectivity index (χ3v) is 8.19. The Labute approximate surface area is 172 Å². The van der Waals surface area contributed by atoms with Gasteiger partial charge in [-0.15, -0.1) is 0 Å². The molecule has 2 aromatic rings. The van der Waals surface area contributed by atoms with Crippen molar-refractivity contribution in [2.75, 3.05) is 38.5 Å². The first-order valence-corrected chi connectivity index (χ1v) is 11.7. The van der Waals surface area contributed by atoms with Gasteiger partial charge in [-0.25, -0.2) is 4.79 Å². The van der Waals surface area contributed by atoms with Gasteiger partial charge in [0.05, 0.1) is 5.69 Å². The van der Waals surface area contributed by atoms with Crippen LogP contribution in [0.25, 0.3) is 10.9 Å². The summed E-state index contributed by atoms with van der Waals surface area (Å²) in [6.45, 7) is 1.40. The molecule has 2 heterocycles. The number of hydrogen-bond donors (Lipinski definition) is 2. The van der Waals surface area contributed by atoms with E-state index >= 15 is 0 Å². The maximum Gasteiger partial charge on any atom is 0.321 e. The average molecular weight is 420 g/mol. The minimum Gasteiger partial charge on any atom is -0.361 e. The molecule has 1 aromatic carbocycles. The summed E-state index contributed by atoms with van der Waals surface area (Å²) >= 11 is 0. The number of aromatic nitrogens is 1. The van der Waals surface area contributed by atoms with Crippen molar-refractivity contribution in [1.29, 1.82) is 0 Å². The molecule has 2 N–H and O–H groups in total. The van der Waals surface area contributed by atoms with Crippen molar-refractivity contribution in [3.8, 4) is 0 Å². The normalized spacial score (nSPS) is 19.7. The van der Waals surface area contributed by atoms with Crippen molar-refractivity contribution in [3.05, 3.63) is 30.5 Å². The molecule has 2 aliphatic rings. The molecule has 2 fully saturated rings. The van der Waals surface area contributed by atoms with Gasteiger partial charge in [-0.1, -0.05) is 25.3 Å². The predicted octanol–water partition coefficient (Wildman–Crippen LogP) is 2.83. The Balaban J connectivity index is 1.36. The molecule has 4 rings (SSSR count). The first-order chi connectivity index (χ1) is 14.0. The lowest BCUT2D eigenvalue weighted by Gasteiger charge is -2.38. The van der Waals surface area contributed by atoms with Gasteiger partial charge in [0.25, 0.3) is 10.2 Å². The zero-order valence-corrected chi connectivity index (χ0v) is 17.6. The molecule has 8 nitrogen and oxygen atoms in total. The smallest absolute Gasteiger partial charge is 0.321 e. The summed E-state index contributed by atoms with van der Waals surface area (Å²) in [4.78, 5) is 17.5. The summed E-state index contributed by atoms with van der Waals surface area (Å²) in [7, 11) is -1.79. The van der Waals surface area contributed by atoms with Gasteiger partial charge in [0.2, 0.25) is 0 Å². The van der Waals surface area contributed by atoms with Crippen LogP contribution in [-0.2, 0) is 10.2 Å². The standard InChI is InChI=1S/C20H29N5O3S/c1-23(16-6-3-2-4-7-16)29(27,28)25-14-12-24(13-15-25)20(26)22-19-9-5-8-18-17(19)10-11-21-18/h5,8-11,16,21H,2-4,6-7,12-15H2,1H3,(H,22,26). The fourth-order valence-corrected chi connectivity index (χ4v) is 5.90. The number of rotatable bonds is 4. The summed E-state index contributed by atoms with van der Waals surface area (Å²) in [6, 6.07) is 7.54. The second-order valence-corrected chi connectivity index (χ2v) is 9.86. The van der Waals surface area contributed by atoms with Crippen LogP contribution in [-0.4, -0.2) is 72.2 Å². The average Bonchev–Trinajstić information content (AvgIpc) is 3.24. The topological polar surface area (TPSA) is 88.8 Å². The minimum absolute atomic E-state index is 0.0944. The molecule has 1 saturated heterocycles. The highest BCUT2D eigenvalue weighted by Crippen LogP contribution is 2.26. The van der Waals surface area contributed by atoms with Crippen LogP contribution in [0.15, 0.2) is 30.5 Å². The Hall–Kier alpha value is -2.10. The molecule has 1 saturated carbocycles. The van der Waals surface area contributed by atoms with Crippen LogP contribution in [0.1, 0.15) is 32.1 Å². The highest BCUT2D eigenvalue weighted by molar-refractivity contribution is 7.86. The number of benzene rings is 1. The molecule has 2 amide bonds. The number of carbonyl (C=O) groups excluding carboxylic acids is 1. The summed E-state index contributed by atoms with van der Waals surface area (Å²) in [5, 5.41) is 3.91. The number of nitrogens with one attached hydrogen (secondary N) is 2. The van der Waals surface area contributed by atoms with Crippen molar-refractivity contribution in [2.45, 2.75) is 38.1 Å². The van der Waals surface area contributed by atoms with Crippen molar-refractivity contribution < 1.29 is 13.2 Å². The number of aromatic amines is 1. The van der Waals surface area contributed by atoms with E-state index in [0.29, 0.717) is 26.2 Å². The number of nitrogens with zero attached hydrogens (tertiary/aromatic N) is 3. The van der Waals surface area contributed by atoms with Crippen molar-refractivity contribution in [2.24, 2.45) is 0 Å². The van der Waals surface area contributed by atoms with E-state index in [9.17, 15) is 13.2 Å². The molecule has 1 aliphatic carbocycles. The van der Waals surface area contributed by atoms with Gasteiger partial charge in [0.15, 0.2) is 0 Å². The van der Waals surface area contributed by atoms with Gasteiger partial charge in [-0.3, -0.25) is 0 Å². The van der Waals surface area contributed by atoms with E-state index < -0.39 is 10.2 Å². The lowest BCUT2D eigenvalue weighted by atomic mass is 9.96. The molecule has 0 atom stereocenters. The van der Waals surface area contributed by atoms with Gasteiger partial charge < -0.3 is 15.2 Å². The Kier molecular flexibility index (Phi) is 5.80. The molecule has 158 valence electrons. The van der Waals surface area contributed by atoms with Crippen molar-refractivity contribution >= 4 is 32.8 Å². The fourth-order valence-electron chi connectivity index (χ4n) is 4.33. The Morgan fingerprint density at radius 1 is 1.10 bits per heavy atom.